The summed E-state index contributed by atoms with van der Waals surface area (Å²) in [6.07, 6.45) is 3.80. The number of benzene rings is 1. The van der Waals surface area contributed by atoms with Crippen molar-refractivity contribution in [1.29, 1.82) is 0 Å². The average molecular weight is 444 g/mol. The molecule has 28 heavy (non-hydrogen) atoms. The second kappa shape index (κ2) is 8.67. The van der Waals surface area contributed by atoms with Crippen molar-refractivity contribution in [3.63, 3.8) is 0 Å². The van der Waals surface area contributed by atoms with Gasteiger partial charge in [0, 0.05) is 29.0 Å². The van der Waals surface area contributed by atoms with E-state index in [0.717, 1.165) is 23.0 Å². The summed E-state index contributed by atoms with van der Waals surface area (Å²) < 4.78 is 0.841. The van der Waals surface area contributed by atoms with E-state index >= 15 is 0 Å². The van der Waals surface area contributed by atoms with Crippen LogP contribution in [0.4, 0.5) is 0 Å². The molecular weight excluding hydrogens is 422 g/mol. The van der Waals surface area contributed by atoms with Crippen LogP contribution >= 0.6 is 15.9 Å². The van der Waals surface area contributed by atoms with E-state index in [9.17, 15) is 14.7 Å². The van der Waals surface area contributed by atoms with Crippen LogP contribution in [0.3, 0.4) is 0 Å². The number of aliphatic hydroxyl groups is 1. The van der Waals surface area contributed by atoms with Gasteiger partial charge >= 0.3 is 0 Å². The molecule has 1 N–H and O–H groups in total. The zero-order valence-electron chi connectivity index (χ0n) is 15.8. The Labute approximate surface area is 172 Å². The van der Waals surface area contributed by atoms with Gasteiger partial charge in [0.15, 0.2) is 0 Å². The predicted molar refractivity (Wildman–Crippen MR) is 111 cm³/mol. The van der Waals surface area contributed by atoms with Crippen molar-refractivity contribution >= 4 is 33.4 Å². The van der Waals surface area contributed by atoms with E-state index in [1.807, 2.05) is 43.3 Å². The van der Waals surface area contributed by atoms with E-state index in [1.165, 1.54) is 12.4 Å². The number of carbonyl (C=O) groups excluding carboxylic acids is 2. The summed E-state index contributed by atoms with van der Waals surface area (Å²) in [5.41, 5.74) is 1.34. The first-order valence-corrected chi connectivity index (χ1v) is 9.78. The van der Waals surface area contributed by atoms with Crippen molar-refractivity contribution in [3.05, 3.63) is 70.0 Å². The third-order valence-electron chi connectivity index (χ3n) is 4.66. The lowest BCUT2D eigenvalue weighted by Crippen LogP contribution is -2.32. The first-order chi connectivity index (χ1) is 13.4. The lowest BCUT2D eigenvalue weighted by molar-refractivity contribution is -0.139. The summed E-state index contributed by atoms with van der Waals surface area (Å²) in [6, 6.07) is 10.1. The van der Waals surface area contributed by atoms with Gasteiger partial charge in [-0.1, -0.05) is 28.1 Å². The Kier molecular flexibility index (Phi) is 6.26. The van der Waals surface area contributed by atoms with Crippen molar-refractivity contribution in [2.75, 3.05) is 27.2 Å². The lowest BCUT2D eigenvalue weighted by atomic mass is 9.95. The maximum atomic E-state index is 12.8. The summed E-state index contributed by atoms with van der Waals surface area (Å²) in [4.78, 5) is 33.2. The van der Waals surface area contributed by atoms with E-state index in [-0.39, 0.29) is 11.3 Å². The number of aliphatic hydroxyl groups excluding tert-OH is 1. The normalized spacial score (nSPS) is 18.9. The number of likely N-dealkylation sites (tertiary alicyclic amines) is 1. The molecule has 0 aliphatic carbocycles. The zero-order chi connectivity index (χ0) is 20.3. The van der Waals surface area contributed by atoms with Crippen LogP contribution in [0.15, 0.2) is 58.8 Å². The van der Waals surface area contributed by atoms with Crippen LogP contribution in [-0.2, 0) is 9.59 Å². The molecule has 1 aliphatic heterocycles. The molecule has 1 saturated heterocycles. The minimum Gasteiger partial charge on any atom is -0.507 e. The summed E-state index contributed by atoms with van der Waals surface area (Å²) in [5.74, 6) is -1.43. The zero-order valence-corrected chi connectivity index (χ0v) is 17.4. The van der Waals surface area contributed by atoms with Crippen LogP contribution in [0.1, 0.15) is 23.6 Å². The molecule has 0 spiro atoms. The molecule has 1 aromatic carbocycles. The number of hydrogen-bond donors (Lipinski definition) is 1. The predicted octanol–water partition coefficient (Wildman–Crippen LogP) is 3.22. The highest BCUT2D eigenvalue weighted by Gasteiger charge is 2.45. The Hall–Kier alpha value is -2.51. The molecule has 3 rings (SSSR count). The van der Waals surface area contributed by atoms with Gasteiger partial charge in [0.2, 0.25) is 0 Å². The molecule has 0 radical (unpaired) electrons. The number of hydrogen-bond acceptors (Lipinski definition) is 5. The number of Topliss-reactive ketones (excluding diaryl/α,β-unsaturated/α-hetero) is 1. The standard InChI is InChI=1S/C21H22BrN3O3/c1-24(2)11-4-12-25-18(15-5-3-6-16(22)13-15)17(20(27)21(25)28)19(26)14-7-9-23-10-8-14/h3,5-10,13,18,26H,4,11-12H2,1-2H3/b19-17+/t18-/m1/s1. The monoisotopic (exact) mass is 443 g/mol. The topological polar surface area (TPSA) is 73.7 Å². The molecule has 146 valence electrons. The molecule has 1 fully saturated rings. The smallest absolute Gasteiger partial charge is 0.295 e. The Balaban J connectivity index is 2.08. The maximum Gasteiger partial charge on any atom is 0.295 e. The highest BCUT2D eigenvalue weighted by molar-refractivity contribution is 9.10. The molecule has 1 aromatic heterocycles. The van der Waals surface area contributed by atoms with Gasteiger partial charge < -0.3 is 14.9 Å². The van der Waals surface area contributed by atoms with E-state index in [0.29, 0.717) is 12.1 Å². The third kappa shape index (κ3) is 4.15. The van der Waals surface area contributed by atoms with Gasteiger partial charge in [0.25, 0.3) is 11.7 Å². The third-order valence-corrected chi connectivity index (χ3v) is 5.16. The van der Waals surface area contributed by atoms with Crippen LogP contribution in [-0.4, -0.2) is 58.8 Å². The summed E-state index contributed by atoms with van der Waals surface area (Å²) in [7, 11) is 3.92. The van der Waals surface area contributed by atoms with Crippen molar-refractivity contribution in [2.24, 2.45) is 0 Å². The molecule has 6 nitrogen and oxygen atoms in total. The van der Waals surface area contributed by atoms with Crippen molar-refractivity contribution < 1.29 is 14.7 Å². The van der Waals surface area contributed by atoms with E-state index < -0.39 is 17.7 Å². The summed E-state index contributed by atoms with van der Waals surface area (Å²) in [6.45, 7) is 1.21. The maximum absolute atomic E-state index is 12.8. The van der Waals surface area contributed by atoms with Crippen molar-refractivity contribution in [1.82, 2.24) is 14.8 Å². The fraction of sp³-hybridized carbons (Fsp3) is 0.286. The van der Waals surface area contributed by atoms with E-state index in [2.05, 4.69) is 20.9 Å². The molecule has 0 saturated carbocycles. The van der Waals surface area contributed by atoms with E-state index in [1.54, 1.807) is 17.0 Å². The van der Waals surface area contributed by atoms with Crippen LogP contribution in [0, 0.1) is 0 Å². The summed E-state index contributed by atoms with van der Waals surface area (Å²) in [5, 5.41) is 10.9. The molecule has 2 aromatic rings. The number of carbonyl (C=O) groups is 2. The number of rotatable bonds is 6. The number of aromatic nitrogens is 1. The van der Waals surface area contributed by atoms with Gasteiger partial charge in [-0.2, -0.15) is 0 Å². The molecule has 1 amide bonds. The second-order valence-corrected chi connectivity index (χ2v) is 7.86. The molecule has 1 atom stereocenters. The highest BCUT2D eigenvalue weighted by atomic mass is 79.9. The number of halogens is 1. The average Bonchev–Trinajstić information content (AvgIpc) is 2.93. The van der Waals surface area contributed by atoms with Gasteiger partial charge in [-0.3, -0.25) is 14.6 Å². The molecule has 7 heteroatoms. The minimum atomic E-state index is -0.663. The number of nitrogens with zero attached hydrogens (tertiary/aromatic N) is 3. The van der Waals surface area contributed by atoms with Crippen LogP contribution in [0.5, 0.6) is 0 Å². The van der Waals surface area contributed by atoms with E-state index in [4.69, 9.17) is 0 Å². The molecule has 0 unspecified atom stereocenters. The quantitative estimate of drug-likeness (QED) is 0.421. The van der Waals surface area contributed by atoms with Gasteiger partial charge in [0.1, 0.15) is 5.76 Å². The SMILES string of the molecule is CN(C)CCCN1C(=O)C(=O)/C(=C(/O)c2ccncc2)[C@H]1c1cccc(Br)c1. The van der Waals surface area contributed by atoms with Crippen LogP contribution < -0.4 is 0 Å². The Morgan fingerprint density at radius 3 is 2.57 bits per heavy atom. The van der Waals surface area contributed by atoms with Gasteiger partial charge in [-0.15, -0.1) is 0 Å². The Bertz CT molecular complexity index is 912. The Morgan fingerprint density at radius 1 is 1.21 bits per heavy atom. The molecular formula is C21H22BrN3O3. The van der Waals surface area contributed by atoms with Crippen molar-refractivity contribution in [3.8, 4) is 0 Å². The van der Waals surface area contributed by atoms with Crippen LogP contribution in [0.25, 0.3) is 5.76 Å². The number of amides is 1. The largest absolute Gasteiger partial charge is 0.507 e. The first kappa shape index (κ1) is 20.2. The molecule has 0 bridgehead atoms. The Morgan fingerprint density at radius 2 is 1.93 bits per heavy atom. The number of pyridine rings is 1. The van der Waals surface area contributed by atoms with Gasteiger partial charge in [-0.05, 0) is 56.9 Å². The highest BCUT2D eigenvalue weighted by Crippen LogP contribution is 2.39. The van der Waals surface area contributed by atoms with Crippen LogP contribution in [0.2, 0.25) is 0 Å². The molecule has 2 heterocycles. The fourth-order valence-electron chi connectivity index (χ4n) is 3.36. The summed E-state index contributed by atoms with van der Waals surface area (Å²) >= 11 is 3.45. The van der Waals surface area contributed by atoms with Crippen molar-refractivity contribution in [2.45, 2.75) is 12.5 Å². The number of ketones is 1. The molecule has 1 aliphatic rings. The minimum absolute atomic E-state index is 0.110. The first-order valence-electron chi connectivity index (χ1n) is 8.99. The second-order valence-electron chi connectivity index (χ2n) is 6.94. The lowest BCUT2D eigenvalue weighted by Gasteiger charge is -2.26. The van der Waals surface area contributed by atoms with Gasteiger partial charge in [0.05, 0.1) is 11.6 Å². The van der Waals surface area contributed by atoms with Gasteiger partial charge in [-0.25, -0.2) is 0 Å². The fourth-order valence-corrected chi connectivity index (χ4v) is 3.77.